The molecule has 12 heavy (non-hydrogen) atoms. The average Bonchev–Trinajstić information content (AvgIpc) is 2.01. The van der Waals surface area contributed by atoms with Crippen molar-refractivity contribution in [3.05, 3.63) is 0 Å². The third-order valence-corrected chi connectivity index (χ3v) is 0.957. The highest BCUT2D eigenvalue weighted by molar-refractivity contribution is 5.79. The molecule has 0 aromatic heterocycles. The number of hydrogen-bond donors (Lipinski definition) is 2. The maximum absolute atomic E-state index is 10.7. The molecule has 0 aliphatic heterocycles. The summed E-state index contributed by atoms with van der Waals surface area (Å²) in [6.45, 7) is 0.303. The summed E-state index contributed by atoms with van der Waals surface area (Å²) in [5, 5.41) is 2.10. The monoisotopic (exact) mass is 176 g/mol. The minimum Gasteiger partial charge on any atom is -0.462 e. The Kier molecular flexibility index (Phi) is 5.72. The lowest BCUT2D eigenvalue weighted by Gasteiger charge is -2.03. The van der Waals surface area contributed by atoms with Crippen LogP contribution in [0.2, 0.25) is 0 Å². The predicted molar refractivity (Wildman–Crippen MR) is 40.4 cm³/mol. The lowest BCUT2D eigenvalue weighted by molar-refractivity contribution is -0.143. The van der Waals surface area contributed by atoms with Crippen molar-refractivity contribution in [2.45, 2.75) is 0 Å². The van der Waals surface area contributed by atoms with Gasteiger partial charge in [0.25, 0.3) is 0 Å². The van der Waals surface area contributed by atoms with E-state index in [1.807, 2.05) is 0 Å². The number of carbonyl (C=O) groups is 2. The number of nitrogens with two attached hydrogens (primary N) is 1. The molecule has 0 saturated carbocycles. The molecule has 3 N–H and O–H groups in total. The standard InChI is InChI=1S/C6H12N2O4/c1-11-2-3-12-5(9)4-8-6(7)10/h2-4H2,1H3,(H3,7,8,10). The number of primary amides is 1. The molecule has 6 heteroatoms. The van der Waals surface area contributed by atoms with Crippen molar-refractivity contribution in [1.29, 1.82) is 0 Å². The Hall–Kier alpha value is -1.30. The summed E-state index contributed by atoms with van der Waals surface area (Å²) in [7, 11) is 1.50. The van der Waals surface area contributed by atoms with E-state index in [0.717, 1.165) is 0 Å². The fourth-order valence-electron chi connectivity index (χ4n) is 0.449. The van der Waals surface area contributed by atoms with E-state index in [9.17, 15) is 9.59 Å². The van der Waals surface area contributed by atoms with E-state index < -0.39 is 12.0 Å². The van der Waals surface area contributed by atoms with Crippen LogP contribution in [0.25, 0.3) is 0 Å². The van der Waals surface area contributed by atoms with Gasteiger partial charge < -0.3 is 20.5 Å². The zero-order valence-corrected chi connectivity index (χ0v) is 6.83. The van der Waals surface area contributed by atoms with Crippen LogP contribution in [0.15, 0.2) is 0 Å². The highest BCUT2D eigenvalue weighted by Crippen LogP contribution is 1.77. The van der Waals surface area contributed by atoms with Gasteiger partial charge in [0, 0.05) is 7.11 Å². The zero-order chi connectivity index (χ0) is 9.40. The van der Waals surface area contributed by atoms with Gasteiger partial charge >= 0.3 is 12.0 Å². The second kappa shape index (κ2) is 6.41. The first-order chi connectivity index (χ1) is 5.66. The summed E-state index contributed by atoms with van der Waals surface area (Å²) >= 11 is 0. The van der Waals surface area contributed by atoms with Gasteiger partial charge in [0.15, 0.2) is 0 Å². The Morgan fingerprint density at radius 3 is 2.58 bits per heavy atom. The Bertz CT molecular complexity index is 160. The average molecular weight is 176 g/mol. The maximum Gasteiger partial charge on any atom is 0.325 e. The van der Waals surface area contributed by atoms with E-state index in [2.05, 4.69) is 14.8 Å². The SMILES string of the molecule is COCCOC(=O)CNC(N)=O. The molecule has 0 aliphatic carbocycles. The smallest absolute Gasteiger partial charge is 0.325 e. The van der Waals surface area contributed by atoms with Gasteiger partial charge in [-0.3, -0.25) is 4.79 Å². The summed E-state index contributed by atoms with van der Waals surface area (Å²) in [4.78, 5) is 20.8. The molecule has 2 amide bonds. The van der Waals surface area contributed by atoms with Crippen LogP contribution in [0.5, 0.6) is 0 Å². The Morgan fingerprint density at radius 2 is 2.08 bits per heavy atom. The van der Waals surface area contributed by atoms with Gasteiger partial charge in [-0.2, -0.15) is 0 Å². The van der Waals surface area contributed by atoms with Crippen molar-refractivity contribution in [3.8, 4) is 0 Å². The molecule has 0 unspecified atom stereocenters. The van der Waals surface area contributed by atoms with Gasteiger partial charge in [-0.1, -0.05) is 0 Å². The van der Waals surface area contributed by atoms with Crippen molar-refractivity contribution < 1.29 is 19.1 Å². The molecule has 0 atom stereocenters. The van der Waals surface area contributed by atoms with Crippen molar-refractivity contribution in [2.75, 3.05) is 26.9 Å². The fraction of sp³-hybridized carbons (Fsp3) is 0.667. The first-order valence-electron chi connectivity index (χ1n) is 3.34. The molecule has 0 spiro atoms. The van der Waals surface area contributed by atoms with E-state index in [0.29, 0.717) is 6.61 Å². The highest BCUT2D eigenvalue weighted by atomic mass is 16.6. The van der Waals surface area contributed by atoms with Crippen molar-refractivity contribution >= 4 is 12.0 Å². The number of rotatable bonds is 5. The summed E-state index contributed by atoms with van der Waals surface area (Å²) in [5.74, 6) is -0.536. The number of esters is 1. The van der Waals surface area contributed by atoms with Crippen LogP contribution >= 0.6 is 0 Å². The first kappa shape index (κ1) is 10.7. The Labute approximate surface area is 70.0 Å². The molecule has 0 radical (unpaired) electrons. The van der Waals surface area contributed by atoms with Crippen LogP contribution in [-0.4, -0.2) is 38.9 Å². The minimum absolute atomic E-state index is 0.176. The van der Waals surface area contributed by atoms with Gasteiger partial charge in [-0.25, -0.2) is 4.79 Å². The molecule has 0 bridgehead atoms. The number of nitrogens with one attached hydrogen (secondary N) is 1. The number of ether oxygens (including phenoxy) is 2. The van der Waals surface area contributed by atoms with Crippen molar-refractivity contribution in [3.63, 3.8) is 0 Å². The topological polar surface area (TPSA) is 90.7 Å². The van der Waals surface area contributed by atoms with Crippen LogP contribution in [-0.2, 0) is 14.3 Å². The predicted octanol–water partition coefficient (Wildman–Crippen LogP) is -1.16. The molecule has 0 rings (SSSR count). The van der Waals surface area contributed by atoms with Crippen LogP contribution in [0.1, 0.15) is 0 Å². The summed E-state index contributed by atoms with van der Waals surface area (Å²) in [6, 6.07) is -0.751. The second-order valence-electron chi connectivity index (χ2n) is 1.93. The molecular weight excluding hydrogens is 164 g/mol. The van der Waals surface area contributed by atoms with E-state index in [1.165, 1.54) is 7.11 Å². The van der Waals surface area contributed by atoms with Crippen LogP contribution < -0.4 is 11.1 Å². The summed E-state index contributed by atoms with van der Waals surface area (Å²) < 4.78 is 9.23. The fourth-order valence-corrected chi connectivity index (χ4v) is 0.449. The lowest BCUT2D eigenvalue weighted by Crippen LogP contribution is -2.34. The van der Waals surface area contributed by atoms with Gasteiger partial charge in [0.1, 0.15) is 13.2 Å². The van der Waals surface area contributed by atoms with Crippen molar-refractivity contribution in [2.24, 2.45) is 5.73 Å². The number of urea groups is 1. The van der Waals surface area contributed by atoms with E-state index in [4.69, 9.17) is 5.73 Å². The first-order valence-corrected chi connectivity index (χ1v) is 3.34. The quantitative estimate of drug-likeness (QED) is 0.408. The van der Waals surface area contributed by atoms with Gasteiger partial charge in [0.05, 0.1) is 6.61 Å². The molecule has 0 saturated heterocycles. The molecule has 0 aromatic carbocycles. The summed E-state index contributed by atoms with van der Waals surface area (Å²) in [6.07, 6.45) is 0. The Balaban J connectivity index is 3.28. The second-order valence-corrected chi connectivity index (χ2v) is 1.93. The third-order valence-electron chi connectivity index (χ3n) is 0.957. The van der Waals surface area contributed by atoms with Crippen LogP contribution in [0.3, 0.4) is 0 Å². The van der Waals surface area contributed by atoms with E-state index in [-0.39, 0.29) is 13.2 Å². The summed E-state index contributed by atoms with van der Waals surface area (Å²) in [5.41, 5.74) is 4.71. The molecule has 70 valence electrons. The largest absolute Gasteiger partial charge is 0.462 e. The number of methoxy groups -OCH3 is 1. The van der Waals surface area contributed by atoms with Crippen molar-refractivity contribution in [1.82, 2.24) is 5.32 Å². The van der Waals surface area contributed by atoms with Gasteiger partial charge in [-0.15, -0.1) is 0 Å². The van der Waals surface area contributed by atoms with E-state index in [1.54, 1.807) is 0 Å². The molecular formula is C6H12N2O4. The minimum atomic E-state index is -0.751. The van der Waals surface area contributed by atoms with Gasteiger partial charge in [-0.05, 0) is 0 Å². The lowest BCUT2D eigenvalue weighted by atomic mass is 10.6. The number of carbonyl (C=O) groups excluding carboxylic acids is 2. The molecule has 6 nitrogen and oxygen atoms in total. The molecule has 0 heterocycles. The third kappa shape index (κ3) is 6.81. The van der Waals surface area contributed by atoms with Crippen LogP contribution in [0.4, 0.5) is 4.79 Å². The zero-order valence-electron chi connectivity index (χ0n) is 6.83. The van der Waals surface area contributed by atoms with E-state index >= 15 is 0 Å². The Morgan fingerprint density at radius 1 is 1.42 bits per heavy atom. The molecule has 0 fully saturated rings. The number of amides is 2. The molecule has 0 aliphatic rings. The van der Waals surface area contributed by atoms with Gasteiger partial charge in [0.2, 0.25) is 0 Å². The molecule has 0 aromatic rings. The normalized spacial score (nSPS) is 9.08. The number of hydrogen-bond acceptors (Lipinski definition) is 4. The highest BCUT2D eigenvalue weighted by Gasteiger charge is 2.02. The van der Waals surface area contributed by atoms with Crippen LogP contribution in [0, 0.1) is 0 Å². The maximum atomic E-state index is 10.7.